The number of aromatic nitrogens is 2. The molecule has 2 aromatic rings. The maximum Gasteiger partial charge on any atom is 0.391 e. The highest BCUT2D eigenvalue weighted by atomic mass is 32.1. The normalized spacial score (nSPS) is 21.2. The summed E-state index contributed by atoms with van der Waals surface area (Å²) in [6, 6.07) is 1.45. The molecule has 0 aromatic carbocycles. The number of rotatable bonds is 5. The number of thiophene rings is 1. The molecule has 9 heteroatoms. The first-order valence-electron chi connectivity index (χ1n) is 8.13. The predicted molar refractivity (Wildman–Crippen MR) is 85.9 cm³/mol. The Labute approximate surface area is 146 Å². The Bertz CT molecular complexity index is 700. The molecule has 2 aromatic heterocycles. The van der Waals surface area contributed by atoms with Crippen LogP contribution in [0, 0.1) is 5.92 Å². The van der Waals surface area contributed by atoms with Gasteiger partial charge in [-0.1, -0.05) is 11.6 Å². The first-order chi connectivity index (χ1) is 11.9. The molecular formula is C16H18F3N3O2S. The molecule has 2 unspecified atom stereocenters. The van der Waals surface area contributed by atoms with Crippen LogP contribution in [0.1, 0.15) is 38.0 Å². The zero-order valence-electron chi connectivity index (χ0n) is 13.4. The zero-order chi connectivity index (χ0) is 17.9. The van der Waals surface area contributed by atoms with Gasteiger partial charge in [0.2, 0.25) is 17.6 Å². The van der Waals surface area contributed by atoms with Crippen LogP contribution in [0.25, 0.3) is 11.4 Å². The lowest BCUT2D eigenvalue weighted by molar-refractivity contribution is -0.184. The van der Waals surface area contributed by atoms with Crippen molar-refractivity contribution in [2.24, 2.45) is 5.92 Å². The maximum absolute atomic E-state index is 12.8. The van der Waals surface area contributed by atoms with Crippen LogP contribution in [0.4, 0.5) is 13.2 Å². The summed E-state index contributed by atoms with van der Waals surface area (Å²) in [6.07, 6.45) is -2.66. The Hall–Kier alpha value is -1.90. The van der Waals surface area contributed by atoms with Crippen LogP contribution in [-0.2, 0) is 11.2 Å². The highest BCUT2D eigenvalue weighted by Gasteiger charge is 2.42. The van der Waals surface area contributed by atoms with Crippen molar-refractivity contribution in [3.63, 3.8) is 0 Å². The topological polar surface area (TPSA) is 68.0 Å². The van der Waals surface area contributed by atoms with Gasteiger partial charge in [-0.05, 0) is 30.7 Å². The molecule has 1 amide bonds. The van der Waals surface area contributed by atoms with Gasteiger partial charge in [0, 0.05) is 29.8 Å². The predicted octanol–water partition coefficient (Wildman–Crippen LogP) is 3.97. The molecule has 2 heterocycles. The first kappa shape index (κ1) is 17.9. The summed E-state index contributed by atoms with van der Waals surface area (Å²) in [5.41, 5.74) is 0.852. The largest absolute Gasteiger partial charge is 0.391 e. The molecule has 136 valence electrons. The number of halogens is 3. The molecule has 25 heavy (non-hydrogen) atoms. The minimum absolute atomic E-state index is 0.0435. The number of carbonyl (C=O) groups excluding carboxylic acids is 1. The van der Waals surface area contributed by atoms with Crippen LogP contribution in [0.3, 0.4) is 0 Å². The molecule has 0 saturated heterocycles. The Morgan fingerprint density at radius 3 is 2.96 bits per heavy atom. The van der Waals surface area contributed by atoms with Crippen LogP contribution in [0.2, 0.25) is 0 Å². The second-order valence-electron chi connectivity index (χ2n) is 6.19. The molecule has 2 atom stereocenters. The van der Waals surface area contributed by atoms with E-state index in [0.29, 0.717) is 24.6 Å². The molecule has 1 saturated carbocycles. The SMILES string of the molecule is O=C(CCc1nc(-c2ccsc2)no1)NC1CCCC(C(F)(F)F)C1. The minimum Gasteiger partial charge on any atom is -0.353 e. The van der Waals surface area contributed by atoms with Gasteiger partial charge in [0.25, 0.3) is 0 Å². The Morgan fingerprint density at radius 1 is 1.40 bits per heavy atom. The van der Waals surface area contributed by atoms with E-state index in [1.165, 1.54) is 11.3 Å². The van der Waals surface area contributed by atoms with Crippen molar-refractivity contribution >= 4 is 17.2 Å². The van der Waals surface area contributed by atoms with Gasteiger partial charge in [-0.2, -0.15) is 29.5 Å². The van der Waals surface area contributed by atoms with Gasteiger partial charge < -0.3 is 9.84 Å². The van der Waals surface area contributed by atoms with E-state index in [9.17, 15) is 18.0 Å². The number of amides is 1. The minimum atomic E-state index is -4.19. The van der Waals surface area contributed by atoms with E-state index in [1.807, 2.05) is 16.8 Å². The van der Waals surface area contributed by atoms with Crippen molar-refractivity contribution in [1.82, 2.24) is 15.5 Å². The first-order valence-corrected chi connectivity index (χ1v) is 9.07. The number of nitrogens with one attached hydrogen (secondary N) is 1. The standard InChI is InChI=1S/C16H18F3N3O2S/c17-16(18,19)11-2-1-3-12(8-11)20-13(23)4-5-14-21-15(22-24-14)10-6-7-25-9-10/h6-7,9,11-12H,1-5,8H2,(H,20,23). The zero-order valence-corrected chi connectivity index (χ0v) is 14.2. The quantitative estimate of drug-likeness (QED) is 0.861. The van der Waals surface area contributed by atoms with E-state index in [2.05, 4.69) is 15.5 Å². The van der Waals surface area contributed by atoms with Gasteiger partial charge in [0.05, 0.1) is 5.92 Å². The highest BCUT2D eigenvalue weighted by molar-refractivity contribution is 7.08. The van der Waals surface area contributed by atoms with E-state index in [-0.39, 0.29) is 31.6 Å². The van der Waals surface area contributed by atoms with Crippen LogP contribution >= 0.6 is 11.3 Å². The van der Waals surface area contributed by atoms with Crippen molar-refractivity contribution in [3.05, 3.63) is 22.7 Å². The average Bonchev–Trinajstić information content (AvgIpc) is 3.24. The Kier molecular flexibility index (Phi) is 5.41. The lowest BCUT2D eigenvalue weighted by Gasteiger charge is -2.31. The summed E-state index contributed by atoms with van der Waals surface area (Å²) in [6.45, 7) is 0. The fourth-order valence-electron chi connectivity index (χ4n) is 3.00. The number of hydrogen-bond acceptors (Lipinski definition) is 5. The van der Waals surface area contributed by atoms with Gasteiger partial charge in [-0.25, -0.2) is 0 Å². The molecule has 0 spiro atoms. The number of alkyl halides is 3. The molecule has 0 aliphatic heterocycles. The highest BCUT2D eigenvalue weighted by Crippen LogP contribution is 2.37. The second-order valence-corrected chi connectivity index (χ2v) is 6.97. The molecule has 1 aliphatic rings. The van der Waals surface area contributed by atoms with Crippen molar-refractivity contribution in [1.29, 1.82) is 0 Å². The maximum atomic E-state index is 12.8. The number of hydrogen-bond donors (Lipinski definition) is 1. The molecule has 1 N–H and O–H groups in total. The van der Waals surface area contributed by atoms with Crippen molar-refractivity contribution in [2.45, 2.75) is 50.7 Å². The van der Waals surface area contributed by atoms with Gasteiger partial charge in [-0.15, -0.1) is 0 Å². The van der Waals surface area contributed by atoms with Crippen molar-refractivity contribution in [3.8, 4) is 11.4 Å². The van der Waals surface area contributed by atoms with Gasteiger partial charge in [0.15, 0.2) is 0 Å². The van der Waals surface area contributed by atoms with E-state index in [0.717, 1.165) is 5.56 Å². The lowest BCUT2D eigenvalue weighted by atomic mass is 9.85. The molecule has 5 nitrogen and oxygen atoms in total. The summed E-state index contributed by atoms with van der Waals surface area (Å²) in [5, 5.41) is 10.3. The Morgan fingerprint density at radius 2 is 2.24 bits per heavy atom. The molecular weight excluding hydrogens is 355 g/mol. The van der Waals surface area contributed by atoms with Crippen LogP contribution in [0.15, 0.2) is 21.3 Å². The number of nitrogens with zero attached hydrogens (tertiary/aromatic N) is 2. The molecule has 0 bridgehead atoms. The summed E-state index contributed by atoms with van der Waals surface area (Å²) >= 11 is 1.52. The van der Waals surface area contributed by atoms with Crippen LogP contribution in [0.5, 0.6) is 0 Å². The van der Waals surface area contributed by atoms with E-state index < -0.39 is 18.1 Å². The third-order valence-corrected chi connectivity index (χ3v) is 5.00. The van der Waals surface area contributed by atoms with Crippen LogP contribution < -0.4 is 5.32 Å². The third-order valence-electron chi connectivity index (χ3n) is 4.32. The Balaban J connectivity index is 1.47. The molecule has 1 fully saturated rings. The van der Waals surface area contributed by atoms with E-state index >= 15 is 0 Å². The lowest BCUT2D eigenvalue weighted by Crippen LogP contribution is -2.41. The average molecular weight is 373 g/mol. The number of aryl methyl sites for hydroxylation is 1. The van der Waals surface area contributed by atoms with Crippen molar-refractivity contribution < 1.29 is 22.5 Å². The van der Waals surface area contributed by atoms with Gasteiger partial charge in [0.1, 0.15) is 0 Å². The van der Waals surface area contributed by atoms with Gasteiger partial charge >= 0.3 is 6.18 Å². The van der Waals surface area contributed by atoms with Crippen molar-refractivity contribution in [2.75, 3.05) is 0 Å². The summed E-state index contributed by atoms with van der Waals surface area (Å²) in [7, 11) is 0. The molecule has 3 rings (SSSR count). The fourth-order valence-corrected chi connectivity index (χ4v) is 3.64. The fraction of sp³-hybridized carbons (Fsp3) is 0.562. The number of carbonyl (C=O) groups is 1. The van der Waals surface area contributed by atoms with E-state index in [4.69, 9.17) is 4.52 Å². The van der Waals surface area contributed by atoms with Gasteiger partial charge in [-0.3, -0.25) is 4.79 Å². The summed E-state index contributed by atoms with van der Waals surface area (Å²) < 4.78 is 43.5. The molecule has 1 aliphatic carbocycles. The smallest absolute Gasteiger partial charge is 0.353 e. The monoisotopic (exact) mass is 373 g/mol. The summed E-state index contributed by atoms with van der Waals surface area (Å²) in [4.78, 5) is 16.2. The van der Waals surface area contributed by atoms with Crippen LogP contribution in [-0.4, -0.2) is 28.3 Å². The second kappa shape index (κ2) is 7.55. The third kappa shape index (κ3) is 4.81. The molecule has 0 radical (unpaired) electrons. The summed E-state index contributed by atoms with van der Waals surface area (Å²) in [5.74, 6) is -0.802. The van der Waals surface area contributed by atoms with E-state index in [1.54, 1.807) is 0 Å².